The molecule has 0 spiro atoms. The number of carbonyl (C=O) groups is 1. The maximum absolute atomic E-state index is 12.0. The van der Waals surface area contributed by atoms with Crippen molar-refractivity contribution in [2.45, 2.75) is 233 Å². The highest BCUT2D eigenvalue weighted by Crippen LogP contribution is 2.23. The van der Waals surface area contributed by atoms with Crippen LogP contribution in [0.1, 0.15) is 233 Å². The number of esters is 1. The van der Waals surface area contributed by atoms with E-state index in [1.807, 2.05) is 0 Å². The van der Waals surface area contributed by atoms with Crippen molar-refractivity contribution in [1.82, 2.24) is 0 Å². The molecule has 0 fully saturated rings. The number of halogens is 1. The Morgan fingerprint density at radius 1 is 0.447 bits per heavy atom. The second-order valence-electron chi connectivity index (χ2n) is 14.4. The lowest BCUT2D eigenvalue weighted by Crippen LogP contribution is -2.39. The molecule has 47 heavy (non-hydrogen) atoms. The molecule has 0 atom stereocenters. The van der Waals surface area contributed by atoms with Crippen LogP contribution in [0.2, 0.25) is 0 Å². The number of carbonyl (C=O) groups excluding carboxylic acids is 1. The number of unbranched alkanes of at least 4 members (excludes halogenated alkanes) is 30. The van der Waals surface area contributed by atoms with Crippen LogP contribution in [0.25, 0.3) is 0 Å². The summed E-state index contributed by atoms with van der Waals surface area (Å²) in [4.78, 5) is 12.0. The summed E-state index contributed by atoms with van der Waals surface area (Å²) in [5, 5.41) is 19.8. The summed E-state index contributed by atoms with van der Waals surface area (Å²) in [5.74, 6) is -0.471. The van der Waals surface area contributed by atoms with E-state index in [0.29, 0.717) is 13.0 Å². The molecule has 0 unspecified atom stereocenters. The molecule has 0 amide bonds. The number of ether oxygens (including phenoxy) is 1. The lowest BCUT2D eigenvalue weighted by Gasteiger charge is -2.25. The van der Waals surface area contributed by atoms with E-state index in [1.165, 1.54) is 198 Å². The Labute approximate surface area is 303 Å². The van der Waals surface area contributed by atoms with Crippen molar-refractivity contribution < 1.29 is 19.7 Å². The third-order valence-corrected chi connectivity index (χ3v) is 10.5. The molecule has 284 valence electrons. The molecule has 0 saturated carbocycles. The van der Waals surface area contributed by atoms with Crippen molar-refractivity contribution >= 4 is 21.9 Å². The second-order valence-corrected chi connectivity index (χ2v) is 15.2. The van der Waals surface area contributed by atoms with Crippen LogP contribution in [0.3, 0.4) is 0 Å². The van der Waals surface area contributed by atoms with Crippen molar-refractivity contribution in [3.8, 4) is 0 Å². The standard InChI is InChI=1S/C24H48O4.C18H37Br/c1-3-5-6-7-8-9-10-11-12-13-14-15-16-17-18-19-20-28-23(27)24(4-2,21-25)22-26;1-2-3-4-5-6-7-8-9-10-11-12-13-14-15-16-17-18-19/h25-26H,3-22H2,1-2H3;2-18H2,1H3. The van der Waals surface area contributed by atoms with Gasteiger partial charge in [0.15, 0.2) is 0 Å². The van der Waals surface area contributed by atoms with E-state index in [0.717, 1.165) is 12.8 Å². The number of aliphatic hydroxyl groups excluding tert-OH is 2. The molecule has 0 bridgehead atoms. The molecule has 4 nitrogen and oxygen atoms in total. The highest BCUT2D eigenvalue weighted by Gasteiger charge is 2.37. The minimum Gasteiger partial charge on any atom is -0.465 e. The van der Waals surface area contributed by atoms with Crippen molar-refractivity contribution in [3.63, 3.8) is 0 Å². The Bertz CT molecular complexity index is 557. The first-order valence-corrected chi connectivity index (χ1v) is 22.2. The monoisotopic (exact) mass is 733 g/mol. The third kappa shape index (κ3) is 35.5. The van der Waals surface area contributed by atoms with Gasteiger partial charge < -0.3 is 14.9 Å². The summed E-state index contributed by atoms with van der Waals surface area (Å²) >= 11 is 3.49. The summed E-state index contributed by atoms with van der Waals surface area (Å²) in [5.41, 5.74) is -1.13. The average molecular weight is 734 g/mol. The summed E-state index contributed by atoms with van der Waals surface area (Å²) in [6.45, 7) is 6.01. The van der Waals surface area contributed by atoms with Gasteiger partial charge in [0.2, 0.25) is 0 Å². The fourth-order valence-electron chi connectivity index (χ4n) is 6.16. The van der Waals surface area contributed by atoms with Gasteiger partial charge in [0.1, 0.15) is 5.41 Å². The van der Waals surface area contributed by atoms with Gasteiger partial charge in [-0.3, -0.25) is 4.79 Å². The van der Waals surface area contributed by atoms with Gasteiger partial charge in [0.25, 0.3) is 0 Å². The Morgan fingerprint density at radius 3 is 0.936 bits per heavy atom. The Kier molecular flexibility index (Phi) is 43.8. The summed E-state index contributed by atoms with van der Waals surface area (Å²) in [7, 11) is 0. The molecule has 2 N–H and O–H groups in total. The predicted octanol–water partition coefficient (Wildman–Crippen LogP) is 13.8. The van der Waals surface area contributed by atoms with E-state index in [9.17, 15) is 15.0 Å². The molecule has 0 rings (SSSR count). The number of rotatable bonds is 37. The second kappa shape index (κ2) is 42.0. The lowest BCUT2D eigenvalue weighted by molar-refractivity contribution is -0.162. The lowest BCUT2D eigenvalue weighted by atomic mass is 9.87. The quantitative estimate of drug-likeness (QED) is 0.0379. The van der Waals surface area contributed by atoms with Crippen LogP contribution in [0.5, 0.6) is 0 Å². The first kappa shape index (κ1) is 49.0. The molecule has 0 aliphatic heterocycles. The van der Waals surface area contributed by atoms with Crippen LogP contribution < -0.4 is 0 Å². The van der Waals surface area contributed by atoms with Crippen LogP contribution in [0.4, 0.5) is 0 Å². The Hall–Kier alpha value is -0.130. The van der Waals surface area contributed by atoms with Crippen LogP contribution in [0.15, 0.2) is 0 Å². The van der Waals surface area contributed by atoms with E-state index in [-0.39, 0.29) is 13.2 Å². The van der Waals surface area contributed by atoms with E-state index in [1.54, 1.807) is 6.92 Å². The van der Waals surface area contributed by atoms with Gasteiger partial charge in [-0.1, -0.05) is 229 Å². The number of hydrogen-bond donors (Lipinski definition) is 2. The van der Waals surface area contributed by atoms with E-state index < -0.39 is 11.4 Å². The first-order chi connectivity index (χ1) is 23.1. The van der Waals surface area contributed by atoms with E-state index in [2.05, 4.69) is 29.8 Å². The fourth-order valence-corrected chi connectivity index (χ4v) is 6.55. The zero-order chi connectivity index (χ0) is 34.9. The third-order valence-electron chi connectivity index (χ3n) is 9.93. The summed E-state index contributed by atoms with van der Waals surface area (Å²) < 4.78 is 5.24. The molecule has 0 aromatic rings. The van der Waals surface area contributed by atoms with E-state index in [4.69, 9.17) is 4.74 Å². The smallest absolute Gasteiger partial charge is 0.316 e. The van der Waals surface area contributed by atoms with Crippen molar-refractivity contribution in [1.29, 1.82) is 0 Å². The largest absolute Gasteiger partial charge is 0.465 e. The molecule has 0 aliphatic carbocycles. The van der Waals surface area contributed by atoms with Gasteiger partial charge in [0.05, 0.1) is 19.8 Å². The first-order valence-electron chi connectivity index (χ1n) is 21.0. The normalized spacial score (nSPS) is 11.4. The Balaban J connectivity index is 0. The highest BCUT2D eigenvalue weighted by molar-refractivity contribution is 9.09. The minimum absolute atomic E-state index is 0.363. The van der Waals surface area contributed by atoms with Crippen LogP contribution in [-0.4, -0.2) is 41.3 Å². The van der Waals surface area contributed by atoms with Crippen molar-refractivity contribution in [2.75, 3.05) is 25.2 Å². The summed E-state index contributed by atoms with van der Waals surface area (Å²) in [6, 6.07) is 0. The zero-order valence-corrected chi connectivity index (χ0v) is 33.8. The van der Waals surface area contributed by atoms with Gasteiger partial charge >= 0.3 is 5.97 Å². The van der Waals surface area contributed by atoms with Crippen molar-refractivity contribution in [3.05, 3.63) is 0 Å². The van der Waals surface area contributed by atoms with Gasteiger partial charge in [0, 0.05) is 5.33 Å². The highest BCUT2D eigenvalue weighted by atomic mass is 79.9. The summed E-state index contributed by atoms with van der Waals surface area (Å²) in [6.07, 6.45) is 44.7. The van der Waals surface area contributed by atoms with Gasteiger partial charge in [-0.15, -0.1) is 0 Å². The number of alkyl halides is 1. The molecule has 0 aliphatic rings. The zero-order valence-electron chi connectivity index (χ0n) is 32.3. The van der Waals surface area contributed by atoms with Crippen molar-refractivity contribution in [2.24, 2.45) is 5.41 Å². The number of aliphatic hydroxyl groups is 2. The minimum atomic E-state index is -1.13. The average Bonchev–Trinajstić information content (AvgIpc) is 3.09. The molecule has 0 saturated heterocycles. The topological polar surface area (TPSA) is 66.8 Å². The Morgan fingerprint density at radius 2 is 0.702 bits per heavy atom. The van der Waals surface area contributed by atoms with Crippen LogP contribution in [0, 0.1) is 5.41 Å². The number of hydrogen-bond acceptors (Lipinski definition) is 4. The molecule has 0 aromatic carbocycles. The predicted molar refractivity (Wildman–Crippen MR) is 211 cm³/mol. The van der Waals surface area contributed by atoms with Gasteiger partial charge in [-0.25, -0.2) is 0 Å². The SMILES string of the molecule is CCCCCCCCCCCCCCCCCCBr.CCCCCCCCCCCCCCCCCCOC(=O)C(CC)(CO)CO. The molecule has 0 radical (unpaired) electrons. The molecular formula is C42H85BrO4. The fraction of sp³-hybridized carbons (Fsp3) is 0.976. The van der Waals surface area contributed by atoms with Gasteiger partial charge in [-0.05, 0) is 19.3 Å². The molecule has 0 heterocycles. The van der Waals surface area contributed by atoms with Crippen LogP contribution in [-0.2, 0) is 9.53 Å². The maximum Gasteiger partial charge on any atom is 0.316 e. The van der Waals surface area contributed by atoms with Gasteiger partial charge in [-0.2, -0.15) is 0 Å². The molecular weight excluding hydrogens is 648 g/mol. The van der Waals surface area contributed by atoms with E-state index >= 15 is 0 Å². The molecule has 5 heteroatoms. The molecule has 0 aromatic heterocycles. The van der Waals surface area contributed by atoms with Crippen LogP contribution >= 0.6 is 15.9 Å². The maximum atomic E-state index is 12.0.